The van der Waals surface area contributed by atoms with E-state index in [1.807, 2.05) is 0 Å². The molecule has 0 atom stereocenters. The Kier molecular flexibility index (Phi) is 3.40. The van der Waals surface area contributed by atoms with Crippen molar-refractivity contribution in [2.75, 3.05) is 12.4 Å². The molecule has 1 N–H and O–H groups in total. The first-order chi connectivity index (χ1) is 7.04. The SMILES string of the molecule is COC(=O)Nc1nc(Cl)ccc1[N+](=O)[O-]. The van der Waals surface area contributed by atoms with Crippen LogP contribution in [0.25, 0.3) is 0 Å². The number of hydrogen-bond acceptors (Lipinski definition) is 5. The molecule has 1 aromatic heterocycles. The van der Waals surface area contributed by atoms with Crippen LogP contribution in [0, 0.1) is 10.1 Å². The number of nitrogens with zero attached hydrogens (tertiary/aromatic N) is 2. The molecule has 1 heterocycles. The van der Waals surface area contributed by atoms with Gasteiger partial charge < -0.3 is 4.74 Å². The summed E-state index contributed by atoms with van der Waals surface area (Å²) in [6, 6.07) is 2.39. The molecule has 0 saturated carbocycles. The van der Waals surface area contributed by atoms with E-state index in [0.717, 1.165) is 13.2 Å². The van der Waals surface area contributed by atoms with E-state index in [1.165, 1.54) is 6.07 Å². The van der Waals surface area contributed by atoms with Crippen molar-refractivity contribution in [3.05, 3.63) is 27.4 Å². The van der Waals surface area contributed by atoms with Gasteiger partial charge in [-0.2, -0.15) is 0 Å². The van der Waals surface area contributed by atoms with Crippen molar-refractivity contribution < 1.29 is 14.5 Å². The normalized spacial score (nSPS) is 9.47. The predicted octanol–water partition coefficient (Wildman–Crippen LogP) is 1.82. The summed E-state index contributed by atoms with van der Waals surface area (Å²) in [6.45, 7) is 0. The Balaban J connectivity index is 3.07. The maximum absolute atomic E-state index is 10.8. The molecule has 0 aliphatic rings. The lowest BCUT2D eigenvalue weighted by molar-refractivity contribution is -0.384. The Bertz CT molecular complexity index is 409. The van der Waals surface area contributed by atoms with Gasteiger partial charge in [0.2, 0.25) is 5.82 Å². The molecule has 8 heteroatoms. The first-order valence-electron chi connectivity index (χ1n) is 3.70. The lowest BCUT2D eigenvalue weighted by Crippen LogP contribution is -2.13. The summed E-state index contributed by atoms with van der Waals surface area (Å²) < 4.78 is 4.27. The number of nitrogens with one attached hydrogen (secondary N) is 1. The molecule has 0 fully saturated rings. The minimum Gasteiger partial charge on any atom is -0.453 e. The number of nitro groups is 1. The number of rotatable bonds is 2. The quantitative estimate of drug-likeness (QED) is 0.476. The largest absolute Gasteiger partial charge is 0.453 e. The monoisotopic (exact) mass is 231 g/mol. The van der Waals surface area contributed by atoms with E-state index in [9.17, 15) is 14.9 Å². The van der Waals surface area contributed by atoms with Gasteiger partial charge in [0.25, 0.3) is 0 Å². The Morgan fingerprint density at radius 1 is 1.67 bits per heavy atom. The number of halogens is 1. The number of carbonyl (C=O) groups excluding carboxylic acids is 1. The second-order valence-corrected chi connectivity index (χ2v) is 2.76. The molecule has 80 valence electrons. The van der Waals surface area contributed by atoms with E-state index in [1.54, 1.807) is 0 Å². The zero-order valence-corrected chi connectivity index (χ0v) is 8.32. The van der Waals surface area contributed by atoms with Crippen LogP contribution in [0.3, 0.4) is 0 Å². The van der Waals surface area contributed by atoms with Crippen LogP contribution in [0.5, 0.6) is 0 Å². The van der Waals surface area contributed by atoms with Crippen molar-refractivity contribution in [3.8, 4) is 0 Å². The number of anilines is 1. The van der Waals surface area contributed by atoms with Gasteiger partial charge in [0.15, 0.2) is 0 Å². The molecular formula is C7H6ClN3O4. The third-order valence-electron chi connectivity index (χ3n) is 1.44. The maximum atomic E-state index is 10.8. The summed E-state index contributed by atoms with van der Waals surface area (Å²) in [6.07, 6.45) is -0.854. The van der Waals surface area contributed by atoms with Crippen LogP contribution in [0.15, 0.2) is 12.1 Å². The molecule has 1 rings (SSSR count). The Hall–Kier alpha value is -1.89. The van der Waals surface area contributed by atoms with Gasteiger partial charge in [0.1, 0.15) is 5.15 Å². The summed E-state index contributed by atoms with van der Waals surface area (Å²) in [4.78, 5) is 24.3. The highest BCUT2D eigenvalue weighted by Crippen LogP contribution is 2.23. The van der Waals surface area contributed by atoms with Crippen molar-refractivity contribution in [1.29, 1.82) is 0 Å². The first kappa shape index (κ1) is 11.2. The highest BCUT2D eigenvalue weighted by Gasteiger charge is 2.17. The summed E-state index contributed by atoms with van der Waals surface area (Å²) in [5, 5.41) is 12.7. The Labute approximate surface area is 89.2 Å². The number of aromatic nitrogens is 1. The van der Waals surface area contributed by atoms with E-state index >= 15 is 0 Å². The zero-order chi connectivity index (χ0) is 11.4. The van der Waals surface area contributed by atoms with Crippen LogP contribution < -0.4 is 5.32 Å². The van der Waals surface area contributed by atoms with E-state index < -0.39 is 11.0 Å². The lowest BCUT2D eigenvalue weighted by atomic mass is 10.4. The molecular weight excluding hydrogens is 226 g/mol. The molecule has 0 spiro atoms. The molecule has 0 aromatic carbocycles. The van der Waals surface area contributed by atoms with Crippen LogP contribution in [0.1, 0.15) is 0 Å². The number of amides is 1. The summed E-state index contributed by atoms with van der Waals surface area (Å²) in [7, 11) is 1.13. The molecule has 0 aliphatic heterocycles. The van der Waals surface area contributed by atoms with Crippen LogP contribution in [0.4, 0.5) is 16.3 Å². The van der Waals surface area contributed by atoms with Crippen LogP contribution >= 0.6 is 11.6 Å². The van der Waals surface area contributed by atoms with Crippen molar-refractivity contribution >= 4 is 29.2 Å². The molecule has 0 bridgehead atoms. The van der Waals surface area contributed by atoms with Gasteiger partial charge in [0.05, 0.1) is 12.0 Å². The highest BCUT2D eigenvalue weighted by molar-refractivity contribution is 6.29. The van der Waals surface area contributed by atoms with Gasteiger partial charge in [-0.05, 0) is 6.07 Å². The van der Waals surface area contributed by atoms with Crippen LogP contribution in [-0.4, -0.2) is 23.1 Å². The highest BCUT2D eigenvalue weighted by atomic mass is 35.5. The first-order valence-corrected chi connectivity index (χ1v) is 4.08. The number of pyridine rings is 1. The summed E-state index contributed by atoms with van der Waals surface area (Å²) >= 11 is 5.52. The number of carbonyl (C=O) groups is 1. The second-order valence-electron chi connectivity index (χ2n) is 2.38. The van der Waals surface area contributed by atoms with Crippen LogP contribution in [0.2, 0.25) is 5.15 Å². The van der Waals surface area contributed by atoms with Gasteiger partial charge in [-0.1, -0.05) is 11.6 Å². The van der Waals surface area contributed by atoms with Gasteiger partial charge >= 0.3 is 11.8 Å². The molecule has 7 nitrogen and oxygen atoms in total. The summed E-state index contributed by atoms with van der Waals surface area (Å²) in [5.74, 6) is -0.251. The molecule has 0 aliphatic carbocycles. The fourth-order valence-corrected chi connectivity index (χ4v) is 0.963. The van der Waals surface area contributed by atoms with Crippen molar-refractivity contribution in [2.24, 2.45) is 0 Å². The molecule has 0 radical (unpaired) electrons. The average Bonchev–Trinajstić information content (AvgIpc) is 2.17. The third kappa shape index (κ3) is 2.78. The molecule has 1 amide bonds. The third-order valence-corrected chi connectivity index (χ3v) is 1.65. The van der Waals surface area contributed by atoms with E-state index in [0.29, 0.717) is 0 Å². The fraction of sp³-hybridized carbons (Fsp3) is 0.143. The Morgan fingerprint density at radius 2 is 2.33 bits per heavy atom. The molecule has 1 aromatic rings. The maximum Gasteiger partial charge on any atom is 0.412 e. The average molecular weight is 232 g/mol. The Morgan fingerprint density at radius 3 is 2.87 bits per heavy atom. The van der Waals surface area contributed by atoms with Crippen molar-refractivity contribution in [2.45, 2.75) is 0 Å². The zero-order valence-electron chi connectivity index (χ0n) is 7.56. The van der Waals surface area contributed by atoms with Crippen molar-refractivity contribution in [1.82, 2.24) is 4.98 Å². The predicted molar refractivity (Wildman–Crippen MR) is 51.9 cm³/mol. The van der Waals surface area contributed by atoms with E-state index in [4.69, 9.17) is 11.6 Å². The van der Waals surface area contributed by atoms with Crippen LogP contribution in [-0.2, 0) is 4.74 Å². The number of hydrogen-bond donors (Lipinski definition) is 1. The number of ether oxygens (including phenoxy) is 1. The van der Waals surface area contributed by atoms with Gasteiger partial charge in [-0.25, -0.2) is 9.78 Å². The minimum absolute atomic E-state index is 0.0343. The van der Waals surface area contributed by atoms with Gasteiger partial charge in [-0.15, -0.1) is 0 Å². The molecule has 15 heavy (non-hydrogen) atoms. The lowest BCUT2D eigenvalue weighted by Gasteiger charge is -2.03. The van der Waals surface area contributed by atoms with Crippen molar-refractivity contribution in [3.63, 3.8) is 0 Å². The van der Waals surface area contributed by atoms with E-state index in [2.05, 4.69) is 15.0 Å². The van der Waals surface area contributed by atoms with E-state index in [-0.39, 0.29) is 16.7 Å². The smallest absolute Gasteiger partial charge is 0.412 e. The second kappa shape index (κ2) is 4.56. The molecule has 0 saturated heterocycles. The number of methoxy groups -OCH3 is 1. The van der Waals surface area contributed by atoms with Gasteiger partial charge in [0, 0.05) is 6.07 Å². The topological polar surface area (TPSA) is 94.4 Å². The minimum atomic E-state index is -0.854. The summed E-state index contributed by atoms with van der Waals surface area (Å²) in [5.41, 5.74) is -0.357. The molecule has 0 unspecified atom stereocenters. The van der Waals surface area contributed by atoms with Gasteiger partial charge in [-0.3, -0.25) is 15.4 Å². The fourth-order valence-electron chi connectivity index (χ4n) is 0.815. The standard InChI is InChI=1S/C7H6ClN3O4/c1-15-7(12)10-6-4(11(13)14)2-3-5(8)9-6/h2-3H,1H3,(H,9,10,12).